The van der Waals surface area contributed by atoms with Gasteiger partial charge in [-0.2, -0.15) is 0 Å². The number of rotatable bonds is 2. The number of hydrogen-bond donors (Lipinski definition) is 0. The monoisotopic (exact) mass is 183 g/mol. The van der Waals surface area contributed by atoms with E-state index < -0.39 is 0 Å². The smallest absolute Gasteiger partial charge is 0.152 e. The Hall–Kier alpha value is -0.370. The summed E-state index contributed by atoms with van der Waals surface area (Å²) < 4.78 is 0. The summed E-state index contributed by atoms with van der Waals surface area (Å²) >= 11 is 0. The highest BCUT2D eigenvalue weighted by Crippen LogP contribution is 2.18. The zero-order valence-electron chi connectivity index (χ0n) is 9.05. The van der Waals surface area contributed by atoms with E-state index in [2.05, 4.69) is 11.9 Å². The van der Waals surface area contributed by atoms with Crippen molar-refractivity contribution in [2.45, 2.75) is 45.6 Å². The molecule has 0 bridgehead atoms. The van der Waals surface area contributed by atoms with Crippen molar-refractivity contribution in [3.8, 4) is 0 Å². The first kappa shape index (κ1) is 10.7. The highest BCUT2D eigenvalue weighted by molar-refractivity contribution is 5.85. The Morgan fingerprint density at radius 1 is 1.31 bits per heavy atom. The second-order valence-corrected chi connectivity index (χ2v) is 4.40. The van der Waals surface area contributed by atoms with Gasteiger partial charge in [-0.05, 0) is 26.4 Å². The summed E-state index contributed by atoms with van der Waals surface area (Å²) in [6.45, 7) is 5.09. The van der Waals surface area contributed by atoms with Gasteiger partial charge in [-0.15, -0.1) is 0 Å². The zero-order chi connectivity index (χ0) is 9.84. The van der Waals surface area contributed by atoms with E-state index in [0.717, 1.165) is 13.0 Å². The molecule has 0 saturated carbocycles. The molecule has 1 aliphatic rings. The number of carbonyl (C=O) groups excluding carboxylic acids is 1. The first-order chi connectivity index (χ1) is 6.13. The first-order valence-electron chi connectivity index (χ1n) is 5.37. The summed E-state index contributed by atoms with van der Waals surface area (Å²) in [6, 6.07) is 0.197. The molecule has 13 heavy (non-hydrogen) atoms. The van der Waals surface area contributed by atoms with Crippen molar-refractivity contribution in [2.75, 3.05) is 13.6 Å². The van der Waals surface area contributed by atoms with Gasteiger partial charge in [0.05, 0.1) is 6.04 Å². The van der Waals surface area contributed by atoms with Crippen molar-refractivity contribution >= 4 is 5.78 Å². The molecule has 2 heteroatoms. The molecule has 1 unspecified atom stereocenters. The van der Waals surface area contributed by atoms with Crippen LogP contribution in [0, 0.1) is 5.92 Å². The van der Waals surface area contributed by atoms with Crippen molar-refractivity contribution in [1.82, 2.24) is 4.90 Å². The summed E-state index contributed by atoms with van der Waals surface area (Å²) in [5.41, 5.74) is 0. The van der Waals surface area contributed by atoms with Crippen LogP contribution in [-0.2, 0) is 4.79 Å². The Balaban J connectivity index is 2.58. The Morgan fingerprint density at radius 2 is 2.00 bits per heavy atom. The Labute approximate surface area is 81.3 Å². The van der Waals surface area contributed by atoms with Gasteiger partial charge >= 0.3 is 0 Å². The van der Waals surface area contributed by atoms with Crippen LogP contribution in [0.25, 0.3) is 0 Å². The summed E-state index contributed by atoms with van der Waals surface area (Å²) in [4.78, 5) is 14.1. The van der Waals surface area contributed by atoms with Gasteiger partial charge < -0.3 is 0 Å². The van der Waals surface area contributed by atoms with Gasteiger partial charge in [0.25, 0.3) is 0 Å². The molecular weight excluding hydrogens is 162 g/mol. The molecule has 1 rings (SSSR count). The van der Waals surface area contributed by atoms with Gasteiger partial charge in [-0.25, -0.2) is 0 Å². The predicted octanol–water partition coefficient (Wildman–Crippen LogP) is 2.09. The number of likely N-dealkylation sites (N-methyl/N-ethyl adjacent to an activating group) is 1. The minimum atomic E-state index is 0.186. The van der Waals surface area contributed by atoms with Crippen LogP contribution < -0.4 is 0 Å². The van der Waals surface area contributed by atoms with Crippen LogP contribution in [0.3, 0.4) is 0 Å². The van der Waals surface area contributed by atoms with Crippen LogP contribution in [0.15, 0.2) is 0 Å². The van der Waals surface area contributed by atoms with Crippen LogP contribution in [0.4, 0.5) is 0 Å². The molecule has 1 saturated heterocycles. The fraction of sp³-hybridized carbons (Fsp3) is 0.909. The van der Waals surface area contributed by atoms with Gasteiger partial charge in [0.15, 0.2) is 5.78 Å². The largest absolute Gasteiger partial charge is 0.298 e. The van der Waals surface area contributed by atoms with Gasteiger partial charge in [-0.3, -0.25) is 9.69 Å². The molecule has 1 atom stereocenters. The summed E-state index contributed by atoms with van der Waals surface area (Å²) in [5, 5.41) is 0. The highest BCUT2D eigenvalue weighted by atomic mass is 16.1. The molecule has 1 heterocycles. The average Bonchev–Trinajstić information content (AvgIpc) is 2.28. The molecule has 2 nitrogen and oxygen atoms in total. The van der Waals surface area contributed by atoms with Crippen molar-refractivity contribution in [1.29, 1.82) is 0 Å². The van der Waals surface area contributed by atoms with Crippen LogP contribution in [0.5, 0.6) is 0 Å². The predicted molar refractivity (Wildman–Crippen MR) is 54.7 cm³/mol. The van der Waals surface area contributed by atoms with Gasteiger partial charge in [0.2, 0.25) is 0 Å². The van der Waals surface area contributed by atoms with E-state index in [-0.39, 0.29) is 12.0 Å². The molecule has 0 aliphatic carbocycles. The lowest BCUT2D eigenvalue weighted by atomic mass is 9.97. The molecule has 0 N–H and O–H groups in total. The SMILES string of the molecule is CC(C)C(=O)C1CCCCCN1C. The minimum Gasteiger partial charge on any atom is -0.298 e. The lowest BCUT2D eigenvalue weighted by Crippen LogP contribution is -2.39. The van der Waals surface area contributed by atoms with E-state index in [0.29, 0.717) is 5.78 Å². The summed E-state index contributed by atoms with van der Waals surface area (Å²) in [6.07, 6.45) is 4.81. The number of nitrogens with zero attached hydrogens (tertiary/aromatic N) is 1. The fourth-order valence-electron chi connectivity index (χ4n) is 2.00. The lowest BCUT2D eigenvalue weighted by Gasteiger charge is -2.25. The second kappa shape index (κ2) is 4.75. The number of carbonyl (C=O) groups is 1. The Bertz CT molecular complexity index is 177. The quantitative estimate of drug-likeness (QED) is 0.653. The average molecular weight is 183 g/mol. The first-order valence-corrected chi connectivity index (χ1v) is 5.37. The molecule has 0 aromatic heterocycles. The fourth-order valence-corrected chi connectivity index (χ4v) is 2.00. The Kier molecular flexibility index (Phi) is 3.91. The van der Waals surface area contributed by atoms with Crippen molar-refractivity contribution in [3.63, 3.8) is 0 Å². The molecular formula is C11H21NO. The van der Waals surface area contributed by atoms with E-state index in [1.807, 2.05) is 13.8 Å². The van der Waals surface area contributed by atoms with E-state index in [9.17, 15) is 4.79 Å². The van der Waals surface area contributed by atoms with Crippen molar-refractivity contribution in [2.24, 2.45) is 5.92 Å². The third-order valence-corrected chi connectivity index (χ3v) is 2.92. The number of ketones is 1. The molecule has 1 fully saturated rings. The van der Waals surface area contributed by atoms with Crippen molar-refractivity contribution in [3.05, 3.63) is 0 Å². The molecule has 0 aromatic rings. The van der Waals surface area contributed by atoms with E-state index in [1.54, 1.807) is 0 Å². The highest BCUT2D eigenvalue weighted by Gasteiger charge is 2.25. The lowest BCUT2D eigenvalue weighted by molar-refractivity contribution is -0.126. The number of hydrogen-bond acceptors (Lipinski definition) is 2. The van der Waals surface area contributed by atoms with Crippen LogP contribution in [-0.4, -0.2) is 30.3 Å². The van der Waals surface area contributed by atoms with E-state index in [1.165, 1.54) is 19.3 Å². The standard InChI is InChI=1S/C11H21NO/c1-9(2)11(13)10-7-5-4-6-8-12(10)3/h9-10H,4-8H2,1-3H3. The van der Waals surface area contributed by atoms with Gasteiger partial charge in [0.1, 0.15) is 0 Å². The van der Waals surface area contributed by atoms with Crippen LogP contribution in [0.1, 0.15) is 39.5 Å². The third-order valence-electron chi connectivity index (χ3n) is 2.92. The van der Waals surface area contributed by atoms with Crippen LogP contribution in [0.2, 0.25) is 0 Å². The summed E-state index contributed by atoms with van der Waals surface area (Å²) in [7, 11) is 2.08. The maximum absolute atomic E-state index is 11.8. The van der Waals surface area contributed by atoms with Gasteiger partial charge in [-0.1, -0.05) is 26.7 Å². The maximum Gasteiger partial charge on any atom is 0.152 e. The Morgan fingerprint density at radius 3 is 2.62 bits per heavy atom. The zero-order valence-corrected chi connectivity index (χ0v) is 9.05. The normalized spacial score (nSPS) is 26.0. The number of Topliss-reactive ketones (excluding diaryl/α,β-unsaturated/α-hetero) is 1. The number of likely N-dealkylation sites (tertiary alicyclic amines) is 1. The van der Waals surface area contributed by atoms with E-state index >= 15 is 0 Å². The van der Waals surface area contributed by atoms with E-state index in [4.69, 9.17) is 0 Å². The topological polar surface area (TPSA) is 20.3 Å². The third kappa shape index (κ3) is 2.80. The molecule has 0 radical (unpaired) electrons. The maximum atomic E-state index is 11.8. The van der Waals surface area contributed by atoms with Gasteiger partial charge in [0, 0.05) is 5.92 Å². The molecule has 76 valence electrons. The molecule has 0 aromatic carbocycles. The second-order valence-electron chi connectivity index (χ2n) is 4.40. The minimum absolute atomic E-state index is 0.186. The van der Waals surface area contributed by atoms with Crippen LogP contribution >= 0.6 is 0 Å². The molecule has 0 spiro atoms. The molecule has 1 aliphatic heterocycles. The summed E-state index contributed by atoms with van der Waals surface area (Å²) in [5.74, 6) is 0.606. The van der Waals surface area contributed by atoms with Crippen molar-refractivity contribution < 1.29 is 4.79 Å². The molecule has 0 amide bonds.